The van der Waals surface area contributed by atoms with Crippen LogP contribution in [0.5, 0.6) is 0 Å². The van der Waals surface area contributed by atoms with Crippen molar-refractivity contribution in [1.82, 2.24) is 5.32 Å². The molecule has 48 valence electrons. The second-order valence-corrected chi connectivity index (χ2v) is 2.98. The number of hydrogen-bond donors (Lipinski definition) is 1. The van der Waals surface area contributed by atoms with Gasteiger partial charge in [-0.25, -0.2) is 0 Å². The predicted molar refractivity (Wildman–Crippen MR) is 32.6 cm³/mol. The Hall–Kier alpha value is -0.0800. The fourth-order valence-corrected chi connectivity index (χ4v) is 0.967. The van der Waals surface area contributed by atoms with Crippen LogP contribution in [0, 0.1) is 0 Å². The largest absolute Gasteiger partial charge is 0.362 e. The van der Waals surface area contributed by atoms with Gasteiger partial charge in [0.05, 0.1) is 6.61 Å². The zero-order valence-electron chi connectivity index (χ0n) is 5.69. The molecule has 1 atom stereocenters. The fraction of sp³-hybridized carbons (Fsp3) is 1.00. The Morgan fingerprint density at radius 3 is 2.38 bits per heavy atom. The lowest BCUT2D eigenvalue weighted by Crippen LogP contribution is -2.37. The molecule has 2 heteroatoms. The quantitative estimate of drug-likeness (QED) is 0.502. The van der Waals surface area contributed by atoms with Crippen molar-refractivity contribution in [3.63, 3.8) is 0 Å². The lowest BCUT2D eigenvalue weighted by atomic mass is 10.1. The van der Waals surface area contributed by atoms with Gasteiger partial charge >= 0.3 is 0 Å². The van der Waals surface area contributed by atoms with E-state index in [1.54, 1.807) is 0 Å². The second-order valence-electron chi connectivity index (χ2n) is 2.98. The van der Waals surface area contributed by atoms with E-state index >= 15 is 0 Å². The van der Waals surface area contributed by atoms with Crippen LogP contribution in [0.1, 0.15) is 20.8 Å². The van der Waals surface area contributed by atoms with E-state index in [-0.39, 0.29) is 11.8 Å². The van der Waals surface area contributed by atoms with Crippen LogP contribution < -0.4 is 5.32 Å². The van der Waals surface area contributed by atoms with Gasteiger partial charge in [-0.15, -0.1) is 0 Å². The first-order chi connectivity index (χ1) is 3.60. The third kappa shape index (κ3) is 1.20. The summed E-state index contributed by atoms with van der Waals surface area (Å²) in [5.41, 5.74) is 0.194. The monoisotopic (exact) mass is 115 g/mol. The summed E-state index contributed by atoms with van der Waals surface area (Å²) in [4.78, 5) is 0. The summed E-state index contributed by atoms with van der Waals surface area (Å²) >= 11 is 0. The maximum Gasteiger partial charge on any atom is 0.105 e. The highest BCUT2D eigenvalue weighted by Crippen LogP contribution is 2.12. The number of nitrogens with one attached hydrogen (secondary N) is 1. The van der Waals surface area contributed by atoms with Gasteiger partial charge in [-0.2, -0.15) is 0 Å². The smallest absolute Gasteiger partial charge is 0.105 e. The van der Waals surface area contributed by atoms with E-state index in [0.717, 1.165) is 6.61 Å². The summed E-state index contributed by atoms with van der Waals surface area (Å²) in [6.07, 6.45) is 0.241. The molecule has 1 aliphatic rings. The summed E-state index contributed by atoms with van der Waals surface area (Å²) in [6.45, 7) is 7.12. The second kappa shape index (κ2) is 1.71. The minimum Gasteiger partial charge on any atom is -0.362 e. The van der Waals surface area contributed by atoms with E-state index in [1.165, 1.54) is 0 Å². The summed E-state index contributed by atoms with van der Waals surface area (Å²) < 4.78 is 5.26. The molecule has 1 rings (SSSR count). The molecular weight excluding hydrogens is 102 g/mol. The maximum atomic E-state index is 5.26. The standard InChI is InChI=1S/C6H13NO/c1-5-7-6(2,3)4-8-5/h5,7H,4H2,1-3H3/t5-/m1/s1. The van der Waals surface area contributed by atoms with Gasteiger partial charge in [0.15, 0.2) is 0 Å². The van der Waals surface area contributed by atoms with Gasteiger partial charge < -0.3 is 4.74 Å². The molecule has 0 spiro atoms. The lowest BCUT2D eigenvalue weighted by Gasteiger charge is -2.14. The molecule has 0 unspecified atom stereocenters. The van der Waals surface area contributed by atoms with Crippen LogP contribution >= 0.6 is 0 Å². The normalized spacial score (nSPS) is 35.6. The van der Waals surface area contributed by atoms with E-state index in [0.29, 0.717) is 0 Å². The minimum absolute atomic E-state index is 0.194. The van der Waals surface area contributed by atoms with Crippen molar-refractivity contribution in [3.05, 3.63) is 0 Å². The first-order valence-corrected chi connectivity index (χ1v) is 2.99. The highest BCUT2D eigenvalue weighted by atomic mass is 16.5. The Kier molecular flexibility index (Phi) is 1.29. The Balaban J connectivity index is 2.44. The highest BCUT2D eigenvalue weighted by Gasteiger charge is 2.27. The third-order valence-corrected chi connectivity index (χ3v) is 1.29. The molecule has 1 N–H and O–H groups in total. The first kappa shape index (κ1) is 6.05. The molecule has 1 heterocycles. The Bertz CT molecular complexity index is 90.5. The molecule has 2 nitrogen and oxygen atoms in total. The van der Waals surface area contributed by atoms with Crippen LogP contribution in [0.2, 0.25) is 0 Å². The van der Waals surface area contributed by atoms with Crippen LogP contribution in [0.4, 0.5) is 0 Å². The van der Waals surface area contributed by atoms with Crippen LogP contribution in [-0.2, 0) is 4.74 Å². The third-order valence-electron chi connectivity index (χ3n) is 1.29. The minimum atomic E-state index is 0.194. The fourth-order valence-electron chi connectivity index (χ4n) is 0.967. The summed E-state index contributed by atoms with van der Waals surface area (Å²) in [6, 6.07) is 0. The summed E-state index contributed by atoms with van der Waals surface area (Å²) in [5.74, 6) is 0. The average Bonchev–Trinajstić information content (AvgIpc) is 1.82. The Labute approximate surface area is 50.2 Å². The molecule has 0 radical (unpaired) electrons. The molecular formula is C6H13NO. The zero-order valence-corrected chi connectivity index (χ0v) is 5.69. The van der Waals surface area contributed by atoms with Crippen LogP contribution in [-0.4, -0.2) is 18.4 Å². The predicted octanol–water partition coefficient (Wildman–Crippen LogP) is 0.731. The van der Waals surface area contributed by atoms with Gasteiger partial charge in [0, 0.05) is 5.54 Å². The average molecular weight is 115 g/mol. The number of ether oxygens (including phenoxy) is 1. The van der Waals surface area contributed by atoms with Crippen molar-refractivity contribution in [1.29, 1.82) is 0 Å². The van der Waals surface area contributed by atoms with Crippen LogP contribution in [0.3, 0.4) is 0 Å². The molecule has 0 bridgehead atoms. The van der Waals surface area contributed by atoms with Crippen molar-refractivity contribution in [2.24, 2.45) is 0 Å². The van der Waals surface area contributed by atoms with Gasteiger partial charge in [-0.1, -0.05) is 0 Å². The molecule has 0 aromatic rings. The molecule has 0 aliphatic carbocycles. The van der Waals surface area contributed by atoms with Crippen LogP contribution in [0.25, 0.3) is 0 Å². The molecule has 0 aromatic heterocycles. The topological polar surface area (TPSA) is 21.3 Å². The van der Waals surface area contributed by atoms with E-state index in [4.69, 9.17) is 4.74 Å². The molecule has 1 saturated heterocycles. The van der Waals surface area contributed by atoms with E-state index < -0.39 is 0 Å². The van der Waals surface area contributed by atoms with E-state index in [2.05, 4.69) is 19.2 Å². The van der Waals surface area contributed by atoms with Crippen molar-refractivity contribution < 1.29 is 4.74 Å². The van der Waals surface area contributed by atoms with E-state index in [1.807, 2.05) is 6.92 Å². The first-order valence-electron chi connectivity index (χ1n) is 2.99. The van der Waals surface area contributed by atoms with E-state index in [9.17, 15) is 0 Å². The van der Waals surface area contributed by atoms with Crippen molar-refractivity contribution in [3.8, 4) is 0 Å². The zero-order chi connectivity index (χ0) is 6.20. The number of hydrogen-bond acceptors (Lipinski definition) is 2. The number of rotatable bonds is 0. The molecule has 0 aromatic carbocycles. The van der Waals surface area contributed by atoms with Gasteiger partial charge in [-0.05, 0) is 20.8 Å². The molecule has 0 amide bonds. The Morgan fingerprint density at radius 1 is 1.62 bits per heavy atom. The van der Waals surface area contributed by atoms with Gasteiger partial charge in [-0.3, -0.25) is 5.32 Å². The van der Waals surface area contributed by atoms with Crippen molar-refractivity contribution in [2.45, 2.75) is 32.5 Å². The van der Waals surface area contributed by atoms with Gasteiger partial charge in [0.25, 0.3) is 0 Å². The summed E-state index contributed by atoms with van der Waals surface area (Å²) in [5, 5.41) is 3.27. The van der Waals surface area contributed by atoms with Crippen molar-refractivity contribution >= 4 is 0 Å². The highest BCUT2D eigenvalue weighted by molar-refractivity contribution is 4.82. The lowest BCUT2D eigenvalue weighted by molar-refractivity contribution is 0.113. The van der Waals surface area contributed by atoms with Crippen LogP contribution in [0.15, 0.2) is 0 Å². The maximum absolute atomic E-state index is 5.26. The van der Waals surface area contributed by atoms with Gasteiger partial charge in [0.1, 0.15) is 6.23 Å². The van der Waals surface area contributed by atoms with Gasteiger partial charge in [0.2, 0.25) is 0 Å². The SMILES string of the molecule is C[C@@H]1NC(C)(C)CO1. The summed E-state index contributed by atoms with van der Waals surface area (Å²) in [7, 11) is 0. The molecule has 8 heavy (non-hydrogen) atoms. The Morgan fingerprint density at radius 2 is 2.25 bits per heavy atom. The molecule has 0 saturated carbocycles. The molecule has 1 fully saturated rings. The van der Waals surface area contributed by atoms with Crippen molar-refractivity contribution in [2.75, 3.05) is 6.61 Å². The molecule has 1 aliphatic heterocycles.